The van der Waals surface area contributed by atoms with Crippen LogP contribution < -0.4 is 5.32 Å². The Morgan fingerprint density at radius 1 is 1.30 bits per heavy atom. The molecule has 1 atom stereocenters. The number of fused-ring (bicyclic) bond motifs is 1. The van der Waals surface area contributed by atoms with E-state index in [0.29, 0.717) is 5.56 Å². The number of nitrogens with one attached hydrogen (secondary N) is 1. The first-order chi connectivity index (χ1) is 9.78. The number of furan rings is 1. The summed E-state index contributed by atoms with van der Waals surface area (Å²) in [5.41, 5.74) is 1.84. The highest BCUT2D eigenvalue weighted by Crippen LogP contribution is 2.30. The average Bonchev–Trinajstić information content (AvgIpc) is 2.97. The Labute approximate surface area is 122 Å². The molecule has 0 saturated heterocycles. The monoisotopic (exact) mass is 287 g/mol. The minimum absolute atomic E-state index is 0.0169. The largest absolute Gasteiger partial charge is 0.469 e. The Kier molecular flexibility index (Phi) is 3.83. The van der Waals surface area contributed by atoms with Crippen molar-refractivity contribution in [3.05, 3.63) is 53.5 Å². The van der Waals surface area contributed by atoms with Crippen molar-refractivity contribution in [3.63, 3.8) is 0 Å². The molecule has 3 nitrogen and oxygen atoms in total. The van der Waals surface area contributed by atoms with Gasteiger partial charge < -0.3 is 9.73 Å². The van der Waals surface area contributed by atoms with Gasteiger partial charge in [0.1, 0.15) is 5.76 Å². The van der Waals surface area contributed by atoms with Crippen LogP contribution >= 0.6 is 11.8 Å². The van der Waals surface area contributed by atoms with Crippen LogP contribution in [-0.2, 0) is 6.42 Å². The predicted octanol–water partition coefficient (Wildman–Crippen LogP) is 3.81. The molecule has 1 heterocycles. The molecule has 1 aliphatic carbocycles. The van der Waals surface area contributed by atoms with Crippen LogP contribution in [0.25, 0.3) is 0 Å². The van der Waals surface area contributed by atoms with Gasteiger partial charge in [0.25, 0.3) is 5.91 Å². The van der Waals surface area contributed by atoms with Crippen molar-refractivity contribution in [1.29, 1.82) is 0 Å². The van der Waals surface area contributed by atoms with Crippen LogP contribution in [0.15, 0.2) is 45.9 Å². The first-order valence-electron chi connectivity index (χ1n) is 6.79. The highest BCUT2D eigenvalue weighted by atomic mass is 32.2. The van der Waals surface area contributed by atoms with Crippen molar-refractivity contribution in [2.75, 3.05) is 6.26 Å². The van der Waals surface area contributed by atoms with Gasteiger partial charge in [-0.25, -0.2) is 0 Å². The van der Waals surface area contributed by atoms with Gasteiger partial charge in [-0.1, -0.05) is 0 Å². The summed E-state index contributed by atoms with van der Waals surface area (Å²) in [7, 11) is 0. The van der Waals surface area contributed by atoms with Crippen LogP contribution in [0, 0.1) is 0 Å². The van der Waals surface area contributed by atoms with Gasteiger partial charge in [-0.2, -0.15) is 0 Å². The molecular formula is C16H17NO2S. The van der Waals surface area contributed by atoms with E-state index in [1.807, 2.05) is 36.6 Å². The van der Waals surface area contributed by atoms with E-state index in [1.165, 1.54) is 0 Å². The van der Waals surface area contributed by atoms with E-state index in [2.05, 4.69) is 5.32 Å². The molecule has 20 heavy (non-hydrogen) atoms. The van der Waals surface area contributed by atoms with Crippen molar-refractivity contribution in [1.82, 2.24) is 5.32 Å². The Balaban J connectivity index is 1.73. The molecule has 0 saturated carbocycles. The quantitative estimate of drug-likeness (QED) is 0.873. The molecule has 1 aromatic carbocycles. The number of hydrogen-bond acceptors (Lipinski definition) is 3. The third-order valence-electron chi connectivity index (χ3n) is 3.71. The lowest BCUT2D eigenvalue weighted by molar-refractivity contribution is 0.0932. The molecule has 4 heteroatoms. The molecule has 0 aliphatic heterocycles. The highest BCUT2D eigenvalue weighted by Gasteiger charge is 2.24. The summed E-state index contributed by atoms with van der Waals surface area (Å²) < 4.78 is 5.45. The number of thioether (sulfide) groups is 1. The minimum atomic E-state index is -0.0169. The summed E-state index contributed by atoms with van der Waals surface area (Å²) in [6, 6.07) is 9.75. The summed E-state index contributed by atoms with van der Waals surface area (Å²) in [6.45, 7) is 0. The van der Waals surface area contributed by atoms with E-state index in [1.54, 1.807) is 18.0 Å². The molecule has 1 aromatic heterocycles. The molecule has 0 bridgehead atoms. The Bertz CT molecular complexity index is 603. The number of rotatable bonds is 3. The molecule has 1 N–H and O–H groups in total. The molecular weight excluding hydrogens is 270 g/mol. The first-order valence-corrected chi connectivity index (χ1v) is 8.01. The summed E-state index contributed by atoms with van der Waals surface area (Å²) in [4.78, 5) is 13.5. The van der Waals surface area contributed by atoms with Gasteiger partial charge in [0, 0.05) is 22.4 Å². The highest BCUT2D eigenvalue weighted by molar-refractivity contribution is 7.98. The Morgan fingerprint density at radius 2 is 2.10 bits per heavy atom. The van der Waals surface area contributed by atoms with Crippen molar-refractivity contribution in [2.24, 2.45) is 0 Å². The van der Waals surface area contributed by atoms with Gasteiger partial charge in [0.05, 0.1) is 12.3 Å². The number of hydrogen-bond donors (Lipinski definition) is 1. The third-order valence-corrected chi connectivity index (χ3v) is 4.45. The molecule has 2 aromatic rings. The molecule has 3 rings (SSSR count). The van der Waals surface area contributed by atoms with Gasteiger partial charge in [-0.3, -0.25) is 4.79 Å². The molecule has 1 unspecified atom stereocenters. The summed E-state index contributed by atoms with van der Waals surface area (Å²) in [5, 5.41) is 3.11. The number of aryl methyl sites for hydroxylation is 1. The maximum Gasteiger partial charge on any atom is 0.251 e. The average molecular weight is 287 g/mol. The van der Waals surface area contributed by atoms with Gasteiger partial charge in [0.15, 0.2) is 0 Å². The SMILES string of the molecule is CSc1ccc(C(=O)NC2CCCc3occc32)cc1. The number of amides is 1. The van der Waals surface area contributed by atoms with E-state index >= 15 is 0 Å². The second-order valence-electron chi connectivity index (χ2n) is 4.95. The van der Waals surface area contributed by atoms with Crippen LogP contribution in [0.1, 0.15) is 40.6 Å². The standard InChI is InChI=1S/C16H17NO2S/c1-20-12-7-5-11(6-8-12)16(18)17-14-3-2-4-15-13(14)9-10-19-15/h5-10,14H,2-4H2,1H3,(H,17,18). The zero-order chi connectivity index (χ0) is 13.9. The fourth-order valence-electron chi connectivity index (χ4n) is 2.62. The topological polar surface area (TPSA) is 42.2 Å². The molecule has 1 amide bonds. The zero-order valence-corrected chi connectivity index (χ0v) is 12.2. The van der Waals surface area contributed by atoms with Crippen LogP contribution in [0.5, 0.6) is 0 Å². The first kappa shape index (κ1) is 13.3. The molecule has 0 spiro atoms. The Morgan fingerprint density at radius 3 is 2.85 bits per heavy atom. The van der Waals surface area contributed by atoms with Crippen molar-refractivity contribution >= 4 is 17.7 Å². The molecule has 104 valence electrons. The van der Waals surface area contributed by atoms with Gasteiger partial charge in [0.2, 0.25) is 0 Å². The smallest absolute Gasteiger partial charge is 0.251 e. The molecule has 0 fully saturated rings. The van der Waals surface area contributed by atoms with Gasteiger partial charge >= 0.3 is 0 Å². The second kappa shape index (κ2) is 5.75. The predicted molar refractivity (Wildman–Crippen MR) is 80.1 cm³/mol. The van der Waals surface area contributed by atoms with Gasteiger partial charge in [-0.05, 0) is 49.4 Å². The lowest BCUT2D eigenvalue weighted by Gasteiger charge is -2.22. The number of carbonyl (C=O) groups is 1. The van der Waals surface area contributed by atoms with E-state index in [-0.39, 0.29) is 11.9 Å². The van der Waals surface area contributed by atoms with E-state index < -0.39 is 0 Å². The van der Waals surface area contributed by atoms with Crippen LogP contribution in [0.3, 0.4) is 0 Å². The van der Waals surface area contributed by atoms with Crippen LogP contribution in [0.4, 0.5) is 0 Å². The fraction of sp³-hybridized carbons (Fsp3) is 0.312. The minimum Gasteiger partial charge on any atom is -0.469 e. The third kappa shape index (κ3) is 2.61. The summed E-state index contributed by atoms with van der Waals surface area (Å²) >= 11 is 1.67. The summed E-state index contributed by atoms with van der Waals surface area (Å²) in [5.74, 6) is 0.996. The summed E-state index contributed by atoms with van der Waals surface area (Å²) in [6.07, 6.45) is 6.73. The Hall–Kier alpha value is -1.68. The van der Waals surface area contributed by atoms with Crippen LogP contribution in [0.2, 0.25) is 0 Å². The fourth-order valence-corrected chi connectivity index (χ4v) is 3.03. The van der Waals surface area contributed by atoms with Crippen LogP contribution in [-0.4, -0.2) is 12.2 Å². The molecule has 1 aliphatic rings. The van der Waals surface area contributed by atoms with Crippen molar-refractivity contribution < 1.29 is 9.21 Å². The lowest BCUT2D eigenvalue weighted by atomic mass is 9.93. The second-order valence-corrected chi connectivity index (χ2v) is 5.83. The maximum absolute atomic E-state index is 12.3. The van der Waals surface area contributed by atoms with E-state index in [9.17, 15) is 4.79 Å². The zero-order valence-electron chi connectivity index (χ0n) is 11.4. The lowest BCUT2D eigenvalue weighted by Crippen LogP contribution is -2.30. The van der Waals surface area contributed by atoms with Crippen molar-refractivity contribution in [2.45, 2.75) is 30.2 Å². The normalized spacial score (nSPS) is 17.6. The van der Waals surface area contributed by atoms with E-state index in [0.717, 1.165) is 35.5 Å². The molecule has 0 radical (unpaired) electrons. The van der Waals surface area contributed by atoms with Gasteiger partial charge in [-0.15, -0.1) is 11.8 Å². The number of benzene rings is 1. The maximum atomic E-state index is 12.3. The van der Waals surface area contributed by atoms with Crippen molar-refractivity contribution in [3.8, 4) is 0 Å². The van der Waals surface area contributed by atoms with E-state index in [4.69, 9.17) is 4.42 Å². The number of carbonyl (C=O) groups excluding carboxylic acids is 1.